The van der Waals surface area contributed by atoms with Gasteiger partial charge in [-0.3, -0.25) is 4.79 Å². The number of carbonyl (C=O) groups is 1. The van der Waals surface area contributed by atoms with E-state index in [2.05, 4.69) is 4.72 Å². The molecule has 0 bridgehead atoms. The Morgan fingerprint density at radius 2 is 1.67 bits per heavy atom. The molecule has 0 aliphatic heterocycles. The Morgan fingerprint density at radius 3 is 2.19 bits per heavy atom. The highest BCUT2D eigenvalue weighted by atomic mass is 32.2. The van der Waals surface area contributed by atoms with Gasteiger partial charge in [-0.15, -0.1) is 0 Å². The van der Waals surface area contributed by atoms with Crippen molar-refractivity contribution < 1.29 is 17.9 Å². The molecule has 2 aromatic rings. The summed E-state index contributed by atoms with van der Waals surface area (Å²) in [5, 5.41) is 0. The largest absolute Gasteiger partial charge is 0.494 e. The predicted octanol–water partition coefficient (Wildman–Crippen LogP) is 3.03. The van der Waals surface area contributed by atoms with E-state index in [1.54, 1.807) is 17.0 Å². The first kappa shape index (κ1) is 20.9. The molecule has 1 amide bonds. The van der Waals surface area contributed by atoms with Gasteiger partial charge < -0.3 is 9.64 Å². The fourth-order valence-electron chi connectivity index (χ4n) is 2.91. The maximum atomic E-state index is 12.5. The highest BCUT2D eigenvalue weighted by molar-refractivity contribution is 7.89. The molecule has 0 unspecified atom stereocenters. The first-order valence-corrected chi connectivity index (χ1v) is 10.3. The van der Waals surface area contributed by atoms with Crippen LogP contribution in [-0.2, 0) is 14.8 Å². The molecule has 1 N–H and O–H groups in total. The van der Waals surface area contributed by atoms with Gasteiger partial charge in [-0.25, -0.2) is 13.1 Å². The van der Waals surface area contributed by atoms with Crippen LogP contribution < -0.4 is 14.4 Å². The average Bonchev–Trinajstić information content (AvgIpc) is 2.60. The van der Waals surface area contributed by atoms with E-state index in [-0.39, 0.29) is 23.9 Å². The molecule has 0 aliphatic carbocycles. The third-order valence-electron chi connectivity index (χ3n) is 4.16. The lowest BCUT2D eigenvalue weighted by Gasteiger charge is -2.25. The van der Waals surface area contributed by atoms with Crippen LogP contribution in [0.5, 0.6) is 5.75 Å². The van der Waals surface area contributed by atoms with Crippen LogP contribution in [0.2, 0.25) is 0 Å². The highest BCUT2D eigenvalue weighted by Crippen LogP contribution is 2.24. The molecule has 2 rings (SSSR count). The molecule has 0 aromatic heterocycles. The van der Waals surface area contributed by atoms with Crippen molar-refractivity contribution in [3.8, 4) is 5.75 Å². The minimum absolute atomic E-state index is 0.114. The summed E-state index contributed by atoms with van der Waals surface area (Å²) < 4.78 is 32.8. The lowest BCUT2D eigenvalue weighted by atomic mass is 10.1. The monoisotopic (exact) mass is 390 g/mol. The molecule has 0 fully saturated rings. The number of sulfonamides is 1. The number of rotatable bonds is 8. The molecule has 0 heterocycles. The molecular weight excluding hydrogens is 364 g/mol. The van der Waals surface area contributed by atoms with E-state index in [1.807, 2.05) is 39.0 Å². The molecule has 0 saturated heterocycles. The zero-order valence-corrected chi connectivity index (χ0v) is 17.0. The molecule has 0 atom stereocenters. The second kappa shape index (κ2) is 9.01. The lowest BCUT2D eigenvalue weighted by molar-refractivity contribution is -0.116. The molecule has 0 saturated carbocycles. The van der Waals surface area contributed by atoms with Crippen molar-refractivity contribution in [2.45, 2.75) is 32.6 Å². The molecule has 0 spiro atoms. The number of nitrogens with zero attached hydrogens (tertiary/aromatic N) is 1. The first-order valence-electron chi connectivity index (χ1n) is 8.83. The number of amides is 1. The number of aryl methyl sites for hydroxylation is 2. The SMILES string of the molecule is CCOc1ccc(S(=O)(=O)NCCN(C(C)=O)c2c(C)cccc2C)cc1. The summed E-state index contributed by atoms with van der Waals surface area (Å²) in [6, 6.07) is 12.0. The Bertz CT molecular complexity index is 872. The Kier molecular flexibility index (Phi) is 6.98. The van der Waals surface area contributed by atoms with Gasteiger partial charge in [0.1, 0.15) is 5.75 Å². The second-order valence-electron chi connectivity index (χ2n) is 6.21. The van der Waals surface area contributed by atoms with Gasteiger partial charge in [0, 0.05) is 25.7 Å². The van der Waals surface area contributed by atoms with Gasteiger partial charge >= 0.3 is 0 Å². The van der Waals surface area contributed by atoms with E-state index in [0.717, 1.165) is 16.8 Å². The summed E-state index contributed by atoms with van der Waals surface area (Å²) in [5.74, 6) is 0.488. The zero-order chi connectivity index (χ0) is 20.0. The van der Waals surface area contributed by atoms with Crippen LogP contribution in [0.4, 0.5) is 5.69 Å². The van der Waals surface area contributed by atoms with Gasteiger partial charge in [-0.1, -0.05) is 18.2 Å². The number of ether oxygens (including phenoxy) is 1. The lowest BCUT2D eigenvalue weighted by Crippen LogP contribution is -2.38. The number of benzene rings is 2. The van der Waals surface area contributed by atoms with Crippen LogP contribution in [0.3, 0.4) is 0 Å². The molecule has 27 heavy (non-hydrogen) atoms. The standard InChI is InChI=1S/C20H26N2O4S/c1-5-26-18-9-11-19(12-10-18)27(24,25)21-13-14-22(17(4)23)20-15(2)7-6-8-16(20)3/h6-12,21H,5,13-14H2,1-4H3. The van der Waals surface area contributed by atoms with Crippen LogP contribution >= 0.6 is 0 Å². The first-order chi connectivity index (χ1) is 12.8. The van der Waals surface area contributed by atoms with Crippen LogP contribution in [-0.4, -0.2) is 34.0 Å². The van der Waals surface area contributed by atoms with Crippen molar-refractivity contribution in [2.24, 2.45) is 0 Å². The summed E-state index contributed by atoms with van der Waals surface area (Å²) >= 11 is 0. The van der Waals surface area contributed by atoms with Crippen molar-refractivity contribution in [3.05, 3.63) is 53.6 Å². The van der Waals surface area contributed by atoms with E-state index in [0.29, 0.717) is 12.4 Å². The Morgan fingerprint density at radius 1 is 1.07 bits per heavy atom. The molecule has 146 valence electrons. The Labute approximate surface area is 161 Å². The van der Waals surface area contributed by atoms with E-state index < -0.39 is 10.0 Å². The number of anilines is 1. The van der Waals surface area contributed by atoms with Crippen molar-refractivity contribution in [2.75, 3.05) is 24.6 Å². The fraction of sp³-hybridized carbons (Fsp3) is 0.350. The van der Waals surface area contributed by atoms with Gasteiger partial charge in [0.05, 0.1) is 11.5 Å². The van der Waals surface area contributed by atoms with Crippen molar-refractivity contribution >= 4 is 21.6 Å². The molecule has 6 nitrogen and oxygen atoms in total. The number of para-hydroxylation sites is 1. The van der Waals surface area contributed by atoms with Crippen molar-refractivity contribution in [1.29, 1.82) is 0 Å². The van der Waals surface area contributed by atoms with Crippen LogP contribution in [0, 0.1) is 13.8 Å². The van der Waals surface area contributed by atoms with Gasteiger partial charge in [0.15, 0.2) is 0 Å². The third kappa shape index (κ3) is 5.30. The normalized spacial score (nSPS) is 11.3. The molecule has 7 heteroatoms. The minimum Gasteiger partial charge on any atom is -0.494 e. The summed E-state index contributed by atoms with van der Waals surface area (Å²) in [6.07, 6.45) is 0. The van der Waals surface area contributed by atoms with E-state index in [4.69, 9.17) is 4.74 Å². The molecule has 0 radical (unpaired) electrons. The number of nitrogens with one attached hydrogen (secondary N) is 1. The van der Waals surface area contributed by atoms with E-state index in [9.17, 15) is 13.2 Å². The summed E-state index contributed by atoms with van der Waals surface area (Å²) in [5.41, 5.74) is 2.77. The smallest absolute Gasteiger partial charge is 0.240 e. The maximum absolute atomic E-state index is 12.5. The van der Waals surface area contributed by atoms with Crippen molar-refractivity contribution in [3.63, 3.8) is 0 Å². The molecule has 0 aliphatic rings. The van der Waals surface area contributed by atoms with Gasteiger partial charge in [-0.2, -0.15) is 0 Å². The van der Waals surface area contributed by atoms with Gasteiger partial charge in [0.2, 0.25) is 15.9 Å². The molecular formula is C20H26N2O4S. The number of hydrogen-bond acceptors (Lipinski definition) is 4. The van der Waals surface area contributed by atoms with E-state index >= 15 is 0 Å². The van der Waals surface area contributed by atoms with Crippen LogP contribution in [0.15, 0.2) is 47.4 Å². The summed E-state index contributed by atoms with van der Waals surface area (Å²) in [6.45, 7) is 8.09. The van der Waals surface area contributed by atoms with Crippen molar-refractivity contribution in [1.82, 2.24) is 4.72 Å². The third-order valence-corrected chi connectivity index (χ3v) is 5.64. The maximum Gasteiger partial charge on any atom is 0.240 e. The average molecular weight is 391 g/mol. The van der Waals surface area contributed by atoms with E-state index in [1.165, 1.54) is 19.1 Å². The Hall–Kier alpha value is -2.38. The topological polar surface area (TPSA) is 75.7 Å². The fourth-order valence-corrected chi connectivity index (χ4v) is 3.94. The van der Waals surface area contributed by atoms with Crippen LogP contribution in [0.25, 0.3) is 0 Å². The van der Waals surface area contributed by atoms with Gasteiger partial charge in [0.25, 0.3) is 0 Å². The number of carbonyl (C=O) groups excluding carboxylic acids is 1. The quantitative estimate of drug-likeness (QED) is 0.752. The van der Waals surface area contributed by atoms with Crippen LogP contribution in [0.1, 0.15) is 25.0 Å². The Balaban J connectivity index is 2.09. The summed E-state index contributed by atoms with van der Waals surface area (Å²) in [4.78, 5) is 13.9. The summed E-state index contributed by atoms with van der Waals surface area (Å²) in [7, 11) is -3.66. The minimum atomic E-state index is -3.66. The second-order valence-corrected chi connectivity index (χ2v) is 7.98. The predicted molar refractivity (Wildman–Crippen MR) is 107 cm³/mol. The highest BCUT2D eigenvalue weighted by Gasteiger charge is 2.18. The number of hydrogen-bond donors (Lipinski definition) is 1. The van der Waals surface area contributed by atoms with Gasteiger partial charge in [-0.05, 0) is 56.2 Å². The molecule has 2 aromatic carbocycles. The zero-order valence-electron chi connectivity index (χ0n) is 16.2.